The van der Waals surface area contributed by atoms with Crippen LogP contribution in [0.15, 0.2) is 48.8 Å². The predicted octanol–water partition coefficient (Wildman–Crippen LogP) is 3.33. The fraction of sp³-hybridized carbons (Fsp3) is 0.364. The fourth-order valence-electron chi connectivity index (χ4n) is 4.40. The summed E-state index contributed by atoms with van der Waals surface area (Å²) in [6, 6.07) is 15.7. The van der Waals surface area contributed by atoms with Crippen LogP contribution in [-0.4, -0.2) is 15.9 Å². The van der Waals surface area contributed by atoms with Gasteiger partial charge in [0.15, 0.2) is 0 Å². The molecule has 1 aliphatic heterocycles. The maximum absolute atomic E-state index is 6.16. The van der Waals surface area contributed by atoms with Crippen molar-refractivity contribution in [2.24, 2.45) is 0 Å². The fourth-order valence-corrected chi connectivity index (χ4v) is 4.40. The van der Waals surface area contributed by atoms with Gasteiger partial charge in [0.25, 0.3) is 0 Å². The molecule has 0 fully saturated rings. The van der Waals surface area contributed by atoms with Crippen LogP contribution in [0.5, 0.6) is 0 Å². The van der Waals surface area contributed by atoms with Gasteiger partial charge >= 0.3 is 5.82 Å². The summed E-state index contributed by atoms with van der Waals surface area (Å²) in [5.74, 6) is 1.00. The molecule has 0 saturated heterocycles. The summed E-state index contributed by atoms with van der Waals surface area (Å²) >= 11 is 0. The second kappa shape index (κ2) is 6.06. The average molecular weight is 346 g/mol. The lowest BCUT2D eigenvalue weighted by Gasteiger charge is -2.23. The molecule has 2 atom stereocenters. The average Bonchev–Trinajstić information content (AvgIpc) is 3.28. The minimum absolute atomic E-state index is 0.218. The third-order valence-corrected chi connectivity index (χ3v) is 5.81. The number of fused-ring (bicyclic) bond motifs is 5. The molecule has 26 heavy (non-hydrogen) atoms. The number of hydrogen-bond acceptors (Lipinski definition) is 2. The molecule has 0 radical (unpaired) electrons. The van der Waals surface area contributed by atoms with Gasteiger partial charge in [-0.05, 0) is 41.2 Å². The standard InChI is InChI=1S/C22H24N3O/c1-3-15-9-10-19(16(4-2)11-15)25-14-24-21(23-25)13-26-20-12-17-7-5-6-8-18(17)22(20)24/h5-11,14,20,22H,3-4,12-13H2,1-2H3/q+1/t20-,22+/m1/s1. The third-order valence-electron chi connectivity index (χ3n) is 5.81. The molecule has 0 amide bonds. The van der Waals surface area contributed by atoms with Crippen LogP contribution in [0.1, 0.15) is 48.0 Å². The molecule has 0 saturated carbocycles. The number of ether oxygens (including phenoxy) is 1. The van der Waals surface area contributed by atoms with E-state index in [9.17, 15) is 0 Å². The van der Waals surface area contributed by atoms with Crippen LogP contribution in [0.2, 0.25) is 0 Å². The van der Waals surface area contributed by atoms with Crippen molar-refractivity contribution in [3.05, 3.63) is 76.9 Å². The van der Waals surface area contributed by atoms with Gasteiger partial charge in [-0.1, -0.05) is 54.9 Å². The van der Waals surface area contributed by atoms with E-state index >= 15 is 0 Å². The summed E-state index contributed by atoms with van der Waals surface area (Å²) in [5.41, 5.74) is 6.67. The van der Waals surface area contributed by atoms with Crippen LogP contribution in [0.4, 0.5) is 0 Å². The summed E-state index contributed by atoms with van der Waals surface area (Å²) < 4.78 is 10.5. The summed E-state index contributed by atoms with van der Waals surface area (Å²) in [5, 5.41) is 4.87. The van der Waals surface area contributed by atoms with Crippen LogP contribution >= 0.6 is 0 Å². The van der Waals surface area contributed by atoms with Gasteiger partial charge in [-0.15, -0.1) is 0 Å². The van der Waals surface area contributed by atoms with Crippen molar-refractivity contribution >= 4 is 0 Å². The molecule has 5 rings (SSSR count). The van der Waals surface area contributed by atoms with Gasteiger partial charge in [-0.2, -0.15) is 0 Å². The van der Waals surface area contributed by atoms with E-state index in [2.05, 4.69) is 67.2 Å². The van der Waals surface area contributed by atoms with E-state index < -0.39 is 0 Å². The Bertz CT molecular complexity index is 975. The molecule has 2 aromatic carbocycles. The molecule has 1 aromatic heterocycles. The maximum Gasteiger partial charge on any atom is 0.304 e. The number of nitrogens with zero attached hydrogens (tertiary/aromatic N) is 3. The molecule has 3 aromatic rings. The first-order chi connectivity index (χ1) is 12.8. The van der Waals surface area contributed by atoms with E-state index in [-0.39, 0.29) is 12.1 Å². The highest BCUT2D eigenvalue weighted by Crippen LogP contribution is 2.35. The predicted molar refractivity (Wildman–Crippen MR) is 99.4 cm³/mol. The minimum atomic E-state index is 0.218. The summed E-state index contributed by atoms with van der Waals surface area (Å²) in [6.45, 7) is 4.99. The lowest BCUT2D eigenvalue weighted by molar-refractivity contribution is -0.739. The highest BCUT2D eigenvalue weighted by Gasteiger charge is 2.43. The van der Waals surface area contributed by atoms with Crippen molar-refractivity contribution < 1.29 is 9.30 Å². The lowest BCUT2D eigenvalue weighted by Crippen LogP contribution is -2.51. The first kappa shape index (κ1) is 15.8. The zero-order valence-corrected chi connectivity index (χ0v) is 15.4. The second-order valence-corrected chi connectivity index (χ2v) is 7.25. The number of benzene rings is 2. The smallest absolute Gasteiger partial charge is 0.304 e. The van der Waals surface area contributed by atoms with Crippen LogP contribution in [-0.2, 0) is 30.6 Å². The number of aromatic nitrogens is 3. The molecular formula is C22H24N3O+. The molecule has 0 unspecified atom stereocenters. The van der Waals surface area contributed by atoms with Gasteiger partial charge in [-0.25, -0.2) is 4.57 Å². The van der Waals surface area contributed by atoms with E-state index in [1.165, 1.54) is 27.9 Å². The van der Waals surface area contributed by atoms with Gasteiger partial charge in [0.2, 0.25) is 6.33 Å². The Kier molecular flexibility index (Phi) is 3.68. The normalized spacial score (nSPS) is 20.5. The van der Waals surface area contributed by atoms with Crippen LogP contribution in [0.25, 0.3) is 5.69 Å². The number of rotatable bonds is 3. The SMILES string of the molecule is CCc1ccc(-n2c[n+]3c(n2)CO[C@@H]2Cc4ccccc4[C@@H]23)c(CC)c1. The number of aryl methyl sites for hydroxylation is 2. The van der Waals surface area contributed by atoms with E-state index in [1.54, 1.807) is 0 Å². The zero-order valence-electron chi connectivity index (χ0n) is 15.4. The van der Waals surface area contributed by atoms with Crippen molar-refractivity contribution in [3.63, 3.8) is 0 Å². The summed E-state index contributed by atoms with van der Waals surface area (Å²) in [6.07, 6.45) is 5.44. The van der Waals surface area contributed by atoms with Crippen molar-refractivity contribution in [1.82, 2.24) is 9.78 Å². The quantitative estimate of drug-likeness (QED) is 0.681. The summed E-state index contributed by atoms with van der Waals surface area (Å²) in [4.78, 5) is 0. The van der Waals surface area contributed by atoms with E-state index in [1.807, 2.05) is 4.68 Å². The molecule has 4 heteroatoms. The van der Waals surface area contributed by atoms with Gasteiger partial charge < -0.3 is 4.74 Å². The highest BCUT2D eigenvalue weighted by molar-refractivity contribution is 5.43. The third kappa shape index (κ3) is 2.32. The molecule has 0 bridgehead atoms. The first-order valence-corrected chi connectivity index (χ1v) is 9.59. The van der Waals surface area contributed by atoms with Crippen molar-refractivity contribution in [2.75, 3.05) is 0 Å². The second-order valence-electron chi connectivity index (χ2n) is 7.25. The largest absolute Gasteiger partial charge is 0.363 e. The van der Waals surface area contributed by atoms with Crippen molar-refractivity contribution in [1.29, 1.82) is 0 Å². The van der Waals surface area contributed by atoms with E-state index in [0.29, 0.717) is 6.61 Å². The Morgan fingerprint density at radius 3 is 2.88 bits per heavy atom. The van der Waals surface area contributed by atoms with E-state index in [4.69, 9.17) is 9.84 Å². The molecule has 0 N–H and O–H groups in total. The highest BCUT2D eigenvalue weighted by atomic mass is 16.5. The van der Waals surface area contributed by atoms with E-state index in [0.717, 1.165) is 25.1 Å². The Hall–Kier alpha value is -2.46. The summed E-state index contributed by atoms with van der Waals surface area (Å²) in [7, 11) is 0. The van der Waals surface area contributed by atoms with Gasteiger partial charge in [-0.3, -0.25) is 0 Å². The Balaban J connectivity index is 1.60. The molecule has 0 spiro atoms. The van der Waals surface area contributed by atoms with Crippen LogP contribution < -0.4 is 4.57 Å². The maximum atomic E-state index is 6.16. The van der Waals surface area contributed by atoms with Crippen LogP contribution in [0, 0.1) is 0 Å². The topological polar surface area (TPSA) is 30.9 Å². The number of hydrogen-bond donors (Lipinski definition) is 0. The molecule has 2 heterocycles. The molecule has 2 aliphatic rings. The zero-order chi connectivity index (χ0) is 17.7. The molecule has 1 aliphatic carbocycles. The Labute approximate surface area is 154 Å². The first-order valence-electron chi connectivity index (χ1n) is 9.59. The van der Waals surface area contributed by atoms with Gasteiger partial charge in [0.05, 0.1) is 0 Å². The minimum Gasteiger partial charge on any atom is -0.363 e. The molecule has 132 valence electrons. The van der Waals surface area contributed by atoms with Crippen molar-refractivity contribution in [2.45, 2.75) is 51.9 Å². The Morgan fingerprint density at radius 1 is 1.15 bits per heavy atom. The monoisotopic (exact) mass is 346 g/mol. The van der Waals surface area contributed by atoms with Crippen molar-refractivity contribution in [3.8, 4) is 5.69 Å². The molecule has 4 nitrogen and oxygen atoms in total. The lowest BCUT2D eigenvalue weighted by atomic mass is 10.0. The van der Waals surface area contributed by atoms with Gasteiger partial charge in [0, 0.05) is 11.5 Å². The van der Waals surface area contributed by atoms with Crippen LogP contribution in [0.3, 0.4) is 0 Å². The molecular weight excluding hydrogens is 322 g/mol. The van der Waals surface area contributed by atoms with Gasteiger partial charge in [0.1, 0.15) is 24.4 Å². The Morgan fingerprint density at radius 2 is 2.04 bits per heavy atom.